The number of hydrogen-bond donors (Lipinski definition) is 1. The van der Waals surface area contributed by atoms with Crippen LogP contribution in [-0.2, 0) is 11.3 Å². The Balaban J connectivity index is 1.59. The average molecular weight is 181 g/mol. The first-order valence-electron chi connectivity index (χ1n) is 4.69. The van der Waals surface area contributed by atoms with Gasteiger partial charge in [-0.3, -0.25) is 4.68 Å². The molecule has 0 aromatic carbocycles. The van der Waals surface area contributed by atoms with Crippen LogP contribution < -0.4 is 5.73 Å². The highest BCUT2D eigenvalue weighted by Crippen LogP contribution is 2.20. The van der Waals surface area contributed by atoms with Crippen LogP contribution in [0.2, 0.25) is 0 Å². The molecular weight excluding hydrogens is 166 g/mol. The van der Waals surface area contributed by atoms with E-state index in [0.717, 1.165) is 26.0 Å². The van der Waals surface area contributed by atoms with Crippen LogP contribution in [0.1, 0.15) is 12.8 Å². The first-order chi connectivity index (χ1) is 6.34. The topological polar surface area (TPSA) is 53.1 Å². The highest BCUT2D eigenvalue weighted by molar-refractivity contribution is 4.83. The van der Waals surface area contributed by atoms with E-state index in [0.29, 0.717) is 12.1 Å². The van der Waals surface area contributed by atoms with Crippen molar-refractivity contribution < 1.29 is 4.74 Å². The summed E-state index contributed by atoms with van der Waals surface area (Å²) in [5, 5.41) is 4.08. The molecular formula is C9H15N3O. The lowest BCUT2D eigenvalue weighted by molar-refractivity contribution is -0.0126. The van der Waals surface area contributed by atoms with E-state index in [9.17, 15) is 0 Å². The molecule has 4 heteroatoms. The quantitative estimate of drug-likeness (QED) is 0.731. The number of hydrogen-bond acceptors (Lipinski definition) is 3. The van der Waals surface area contributed by atoms with Gasteiger partial charge in [-0.1, -0.05) is 0 Å². The molecule has 0 unspecified atom stereocenters. The highest BCUT2D eigenvalue weighted by Gasteiger charge is 2.26. The van der Waals surface area contributed by atoms with Gasteiger partial charge in [0.05, 0.1) is 19.3 Å². The molecule has 0 bridgehead atoms. The maximum Gasteiger partial charge on any atom is 0.0666 e. The van der Waals surface area contributed by atoms with Gasteiger partial charge in [-0.25, -0.2) is 0 Å². The van der Waals surface area contributed by atoms with Crippen molar-refractivity contribution in [2.45, 2.75) is 31.5 Å². The van der Waals surface area contributed by atoms with Gasteiger partial charge in [0.25, 0.3) is 0 Å². The normalized spacial score (nSPS) is 27.2. The fourth-order valence-electron chi connectivity index (χ4n) is 1.49. The summed E-state index contributed by atoms with van der Waals surface area (Å²) >= 11 is 0. The second-order valence-electron chi connectivity index (χ2n) is 3.49. The van der Waals surface area contributed by atoms with Gasteiger partial charge in [0.2, 0.25) is 0 Å². The third-order valence-electron chi connectivity index (χ3n) is 2.36. The molecule has 13 heavy (non-hydrogen) atoms. The number of rotatable bonds is 4. The Morgan fingerprint density at radius 1 is 1.54 bits per heavy atom. The lowest BCUT2D eigenvalue weighted by Crippen LogP contribution is -2.42. The van der Waals surface area contributed by atoms with Crippen molar-refractivity contribution in [3.63, 3.8) is 0 Å². The fraction of sp³-hybridized carbons (Fsp3) is 0.667. The maximum absolute atomic E-state index is 5.64. The van der Waals surface area contributed by atoms with Gasteiger partial charge < -0.3 is 10.5 Å². The number of nitrogens with zero attached hydrogens (tertiary/aromatic N) is 2. The molecule has 0 spiro atoms. The van der Waals surface area contributed by atoms with Crippen LogP contribution in [0, 0.1) is 0 Å². The molecule has 0 atom stereocenters. The van der Waals surface area contributed by atoms with Crippen molar-refractivity contribution in [1.82, 2.24) is 9.78 Å². The Labute approximate surface area is 77.7 Å². The standard InChI is InChI=1S/C9H15N3O/c10-8-6-9(7-8)13-5-4-12-3-1-2-11-12/h1-3,8-9H,4-7,10H2. The number of nitrogens with two attached hydrogens (primary N) is 1. The molecule has 1 aromatic heterocycles. The number of aromatic nitrogens is 2. The third kappa shape index (κ3) is 2.29. The summed E-state index contributed by atoms with van der Waals surface area (Å²) in [5.74, 6) is 0. The SMILES string of the molecule is NC1CC(OCCn2cccn2)C1. The predicted molar refractivity (Wildman–Crippen MR) is 49.2 cm³/mol. The van der Waals surface area contributed by atoms with E-state index in [1.54, 1.807) is 6.20 Å². The summed E-state index contributed by atoms with van der Waals surface area (Å²) in [6, 6.07) is 2.29. The lowest BCUT2D eigenvalue weighted by Gasteiger charge is -2.32. The minimum atomic E-state index is 0.370. The van der Waals surface area contributed by atoms with Crippen LogP contribution in [0.5, 0.6) is 0 Å². The third-order valence-corrected chi connectivity index (χ3v) is 2.36. The van der Waals surface area contributed by atoms with Gasteiger partial charge in [0.1, 0.15) is 0 Å². The van der Waals surface area contributed by atoms with Gasteiger partial charge in [-0.05, 0) is 18.9 Å². The largest absolute Gasteiger partial charge is 0.376 e. The van der Waals surface area contributed by atoms with Crippen molar-refractivity contribution in [2.75, 3.05) is 6.61 Å². The van der Waals surface area contributed by atoms with Crippen molar-refractivity contribution in [2.24, 2.45) is 5.73 Å². The Morgan fingerprint density at radius 2 is 2.38 bits per heavy atom. The van der Waals surface area contributed by atoms with E-state index in [4.69, 9.17) is 10.5 Å². The van der Waals surface area contributed by atoms with Crippen LogP contribution in [0.3, 0.4) is 0 Å². The van der Waals surface area contributed by atoms with E-state index >= 15 is 0 Å². The Hall–Kier alpha value is -0.870. The summed E-state index contributed by atoms with van der Waals surface area (Å²) in [6.07, 6.45) is 6.14. The summed E-state index contributed by atoms with van der Waals surface area (Å²) in [7, 11) is 0. The average Bonchev–Trinajstić information content (AvgIpc) is 2.53. The minimum absolute atomic E-state index is 0.370. The molecule has 0 radical (unpaired) electrons. The second kappa shape index (κ2) is 3.89. The zero-order chi connectivity index (χ0) is 9.10. The molecule has 72 valence electrons. The molecule has 1 heterocycles. The van der Waals surface area contributed by atoms with E-state index in [1.807, 2.05) is 16.9 Å². The molecule has 1 aliphatic rings. The second-order valence-corrected chi connectivity index (χ2v) is 3.49. The molecule has 1 fully saturated rings. The first kappa shape index (κ1) is 8.72. The fourth-order valence-corrected chi connectivity index (χ4v) is 1.49. The number of ether oxygens (including phenoxy) is 1. The van der Waals surface area contributed by atoms with E-state index in [2.05, 4.69) is 5.10 Å². The summed E-state index contributed by atoms with van der Waals surface area (Å²) in [6.45, 7) is 1.57. The van der Waals surface area contributed by atoms with Gasteiger partial charge in [0, 0.05) is 18.4 Å². The molecule has 2 rings (SSSR count). The van der Waals surface area contributed by atoms with Gasteiger partial charge in [-0.2, -0.15) is 5.10 Å². The van der Waals surface area contributed by atoms with Crippen LogP contribution in [0.25, 0.3) is 0 Å². The molecule has 1 aliphatic carbocycles. The minimum Gasteiger partial charge on any atom is -0.376 e. The lowest BCUT2D eigenvalue weighted by atomic mass is 9.90. The summed E-state index contributed by atoms with van der Waals surface area (Å²) in [4.78, 5) is 0. The zero-order valence-electron chi connectivity index (χ0n) is 7.60. The van der Waals surface area contributed by atoms with E-state index in [1.165, 1.54) is 0 Å². The molecule has 0 saturated heterocycles. The van der Waals surface area contributed by atoms with E-state index in [-0.39, 0.29) is 0 Å². The van der Waals surface area contributed by atoms with Crippen molar-refractivity contribution in [1.29, 1.82) is 0 Å². The van der Waals surface area contributed by atoms with E-state index < -0.39 is 0 Å². The summed E-state index contributed by atoms with van der Waals surface area (Å²) < 4.78 is 7.45. The first-order valence-corrected chi connectivity index (χ1v) is 4.69. The Morgan fingerprint density at radius 3 is 3.00 bits per heavy atom. The van der Waals surface area contributed by atoms with Crippen molar-refractivity contribution in [3.05, 3.63) is 18.5 Å². The molecule has 0 amide bonds. The Bertz CT molecular complexity index is 241. The smallest absolute Gasteiger partial charge is 0.0666 e. The van der Waals surface area contributed by atoms with Crippen LogP contribution in [0.4, 0.5) is 0 Å². The van der Waals surface area contributed by atoms with Crippen molar-refractivity contribution in [3.8, 4) is 0 Å². The highest BCUT2D eigenvalue weighted by atomic mass is 16.5. The van der Waals surface area contributed by atoms with Crippen LogP contribution in [-0.4, -0.2) is 28.5 Å². The summed E-state index contributed by atoms with van der Waals surface area (Å²) in [5.41, 5.74) is 5.64. The van der Waals surface area contributed by atoms with Crippen LogP contribution in [0.15, 0.2) is 18.5 Å². The molecule has 2 N–H and O–H groups in total. The van der Waals surface area contributed by atoms with Crippen LogP contribution >= 0.6 is 0 Å². The maximum atomic E-state index is 5.64. The Kier molecular flexibility index (Phi) is 2.61. The van der Waals surface area contributed by atoms with Gasteiger partial charge in [0.15, 0.2) is 0 Å². The van der Waals surface area contributed by atoms with Crippen molar-refractivity contribution >= 4 is 0 Å². The molecule has 4 nitrogen and oxygen atoms in total. The monoisotopic (exact) mass is 181 g/mol. The molecule has 1 aromatic rings. The molecule has 1 saturated carbocycles. The van der Waals surface area contributed by atoms with Gasteiger partial charge in [-0.15, -0.1) is 0 Å². The predicted octanol–water partition coefficient (Wildman–Crippen LogP) is 0.389. The van der Waals surface area contributed by atoms with Gasteiger partial charge >= 0.3 is 0 Å². The zero-order valence-corrected chi connectivity index (χ0v) is 7.60. The molecule has 0 aliphatic heterocycles.